The first kappa shape index (κ1) is 29.9. The number of nitrogen functional groups attached to an aromatic ring is 2. The van der Waals surface area contributed by atoms with Crippen LogP contribution in [0.15, 0.2) is 23.8 Å². The predicted octanol–water partition coefficient (Wildman–Crippen LogP) is -1.67. The normalized spacial score (nSPS) is 35.5. The summed E-state index contributed by atoms with van der Waals surface area (Å²) in [6, 6.07) is 0. The van der Waals surface area contributed by atoms with E-state index >= 15 is 8.78 Å². The molecule has 7 rings (SSSR count). The fraction of sp³-hybridized carbons (Fsp3) is 0.500. The minimum Gasteiger partial charge on any atom is -0.382 e. The van der Waals surface area contributed by atoms with Crippen molar-refractivity contribution in [3.63, 3.8) is 0 Å². The van der Waals surface area contributed by atoms with Crippen molar-refractivity contribution in [3.8, 4) is 0 Å². The second-order valence-corrected chi connectivity index (χ2v) is 12.9. The first-order valence-electron chi connectivity index (χ1n) is 12.9. The van der Waals surface area contributed by atoms with Crippen molar-refractivity contribution < 1.29 is 49.4 Å². The summed E-state index contributed by atoms with van der Waals surface area (Å²) in [5.41, 5.74) is 10.4. The Hall–Kier alpha value is -3.74. The van der Waals surface area contributed by atoms with Gasteiger partial charge < -0.3 is 25.8 Å². The Kier molecular flexibility index (Phi) is 7.10. The summed E-state index contributed by atoms with van der Waals surface area (Å²) in [6.07, 6.45) is -11.7. The molecule has 3 fully saturated rings. The number of hydrogen-bond donors (Lipinski definition) is 5. The number of anilines is 2. The van der Waals surface area contributed by atoms with Gasteiger partial charge >= 0.3 is 18.1 Å². The van der Waals surface area contributed by atoms with Gasteiger partial charge in [0.05, 0.1) is 19.3 Å². The average Bonchev–Trinajstić information content (AvgIpc) is 3.72. The lowest BCUT2D eigenvalue weighted by atomic mass is 10.1. The maximum Gasteiger partial charge on any atom is 0.472 e. The van der Waals surface area contributed by atoms with Crippen LogP contribution in [0, 0.1) is 0 Å². The Labute approximate surface area is 248 Å². The number of aromatic nitrogens is 8. The lowest BCUT2D eigenvalue weighted by Crippen LogP contribution is -2.43. The van der Waals surface area contributed by atoms with E-state index < -0.39 is 86.1 Å². The molecule has 0 aliphatic carbocycles. The average molecular weight is 677 g/mol. The van der Waals surface area contributed by atoms with Crippen molar-refractivity contribution in [3.05, 3.63) is 29.3 Å². The third-order valence-electron chi connectivity index (χ3n) is 7.27. The van der Waals surface area contributed by atoms with Crippen molar-refractivity contribution >= 4 is 52.2 Å². The molecule has 4 aromatic rings. The second-order valence-electron chi connectivity index (χ2n) is 10.1. The molecule has 9 atom stereocenters. The first-order valence-corrected chi connectivity index (χ1v) is 15.8. The van der Waals surface area contributed by atoms with Gasteiger partial charge in [-0.2, -0.15) is 18.1 Å². The molecular weight excluding hydrogens is 655 g/mol. The van der Waals surface area contributed by atoms with Crippen molar-refractivity contribution in [2.24, 2.45) is 0 Å². The summed E-state index contributed by atoms with van der Waals surface area (Å²) < 4.78 is 101. The number of aromatic amines is 1. The summed E-state index contributed by atoms with van der Waals surface area (Å²) in [5.74, 6) is -0.341. The zero-order chi connectivity index (χ0) is 31.8. The number of H-pyrrole nitrogens is 1. The van der Waals surface area contributed by atoms with Gasteiger partial charge in [0.25, 0.3) is 5.56 Å². The highest BCUT2D eigenvalue weighted by Crippen LogP contribution is 2.50. The number of halogens is 2. The Morgan fingerprint density at radius 1 is 0.978 bits per heavy atom. The predicted molar refractivity (Wildman–Crippen MR) is 142 cm³/mol. The van der Waals surface area contributed by atoms with E-state index in [4.69, 9.17) is 34.2 Å². The Morgan fingerprint density at radius 3 is 2.47 bits per heavy atom. The van der Waals surface area contributed by atoms with Crippen LogP contribution in [0.3, 0.4) is 0 Å². The third kappa shape index (κ3) is 5.22. The molecule has 0 radical (unpaired) electrons. The van der Waals surface area contributed by atoms with E-state index in [1.807, 2.05) is 4.72 Å². The number of hydrogen-bond acceptors (Lipinski definition) is 16. The van der Waals surface area contributed by atoms with Gasteiger partial charge in [-0.1, -0.05) is 0 Å². The molecule has 3 aliphatic rings. The molecule has 4 aromatic heterocycles. The molecule has 25 heteroatoms. The van der Waals surface area contributed by atoms with E-state index in [2.05, 4.69) is 29.9 Å². The number of alkyl halides is 2. The molecule has 242 valence electrons. The van der Waals surface area contributed by atoms with E-state index in [1.165, 1.54) is 0 Å². The topological polar surface area (TPSA) is 289 Å². The number of imidazole rings is 2. The van der Waals surface area contributed by atoms with Crippen molar-refractivity contribution in [1.82, 2.24) is 43.8 Å². The van der Waals surface area contributed by atoms with Gasteiger partial charge in [0, 0.05) is 6.54 Å². The summed E-state index contributed by atoms with van der Waals surface area (Å²) in [6.45, 7) is -1.77. The number of nitrogens with one attached hydrogen (secondary N) is 2. The van der Waals surface area contributed by atoms with Gasteiger partial charge in [-0.05, 0) is 0 Å². The minimum absolute atomic E-state index is 0.0137. The smallest absolute Gasteiger partial charge is 0.382 e. The van der Waals surface area contributed by atoms with Gasteiger partial charge in [0.15, 0.2) is 53.5 Å². The molecule has 0 aromatic carbocycles. The van der Waals surface area contributed by atoms with Crippen LogP contribution in [0.4, 0.5) is 20.5 Å². The molecule has 21 nitrogen and oxygen atoms in total. The van der Waals surface area contributed by atoms with Crippen molar-refractivity contribution in [2.45, 2.75) is 49.2 Å². The molecule has 3 saturated heterocycles. The Bertz CT molecular complexity index is 2010. The van der Waals surface area contributed by atoms with Crippen LogP contribution in [-0.4, -0.2) is 102 Å². The lowest BCUT2D eigenvalue weighted by Gasteiger charge is -2.24. The second kappa shape index (κ2) is 10.7. The lowest BCUT2D eigenvalue weighted by molar-refractivity contribution is -0.0507. The van der Waals surface area contributed by atoms with Gasteiger partial charge in [0.2, 0.25) is 5.95 Å². The van der Waals surface area contributed by atoms with E-state index in [0.717, 1.165) is 28.1 Å². The summed E-state index contributed by atoms with van der Waals surface area (Å²) in [4.78, 5) is 44.7. The van der Waals surface area contributed by atoms with Crippen molar-refractivity contribution in [1.29, 1.82) is 0 Å². The molecular formula is C20H22F2N11O10PS. The number of nitrogens with zero attached hydrogens (tertiary/aromatic N) is 7. The van der Waals surface area contributed by atoms with Crippen molar-refractivity contribution in [2.75, 3.05) is 24.6 Å². The number of ether oxygens (including phenoxy) is 2. The molecule has 0 saturated carbocycles. The highest BCUT2D eigenvalue weighted by Gasteiger charge is 2.54. The molecule has 45 heavy (non-hydrogen) atoms. The van der Waals surface area contributed by atoms with Crippen LogP contribution < -0.4 is 21.7 Å². The van der Waals surface area contributed by atoms with Gasteiger partial charge in [-0.25, -0.2) is 37.5 Å². The SMILES string of the molecule is Nc1nc2c(ncn2C2OC3COP(=O)(O)OC4C(CNS(=O)(=O)OC2C3F)OC(n2cnc3c(N)ncnc32)C4F)c(=O)[nH]1. The maximum atomic E-state index is 15.9. The van der Waals surface area contributed by atoms with Crippen LogP contribution in [0.1, 0.15) is 12.5 Å². The quantitative estimate of drug-likeness (QED) is 0.148. The van der Waals surface area contributed by atoms with E-state index in [-0.39, 0.29) is 34.1 Å². The standard InChI is InChI=1S/C20H22F2N11O10PS/c21-8-7-2-39-44(35,36)42-12-6(40-18(9(12)22)32-4-27-10-14(23)25-3-26-15(10)32)1-29-45(37,38)43-13(8)19(41-7)33-5-28-11-16(33)30-20(24)31-17(11)34/h3-9,12-13,18-19,29H,1-2H2,(H,35,36)(H2,23,25,26)(H3,24,30,31,34). The molecule has 0 spiro atoms. The minimum atomic E-state index is -5.19. The van der Waals surface area contributed by atoms with E-state index in [0.29, 0.717) is 0 Å². The van der Waals surface area contributed by atoms with Crippen LogP contribution in [0.2, 0.25) is 0 Å². The molecule has 9 unspecified atom stereocenters. The fourth-order valence-corrected chi connectivity index (χ4v) is 7.15. The number of phosphoric ester groups is 1. The fourth-order valence-electron chi connectivity index (χ4n) is 5.27. The molecule has 7 heterocycles. The third-order valence-corrected chi connectivity index (χ3v) is 9.25. The molecule has 0 amide bonds. The number of nitrogens with two attached hydrogens (primary N) is 2. The van der Waals surface area contributed by atoms with Crippen LogP contribution in [0.5, 0.6) is 0 Å². The van der Waals surface area contributed by atoms with Crippen LogP contribution in [0.25, 0.3) is 22.3 Å². The van der Waals surface area contributed by atoms with Gasteiger partial charge in [0.1, 0.15) is 30.2 Å². The summed E-state index contributed by atoms with van der Waals surface area (Å²) >= 11 is 0. The van der Waals surface area contributed by atoms with Gasteiger partial charge in [-0.15, -0.1) is 0 Å². The van der Waals surface area contributed by atoms with E-state index in [9.17, 15) is 22.7 Å². The Morgan fingerprint density at radius 2 is 1.69 bits per heavy atom. The zero-order valence-corrected chi connectivity index (χ0v) is 24.0. The molecule has 2 bridgehead atoms. The largest absolute Gasteiger partial charge is 0.472 e. The van der Waals surface area contributed by atoms with E-state index in [1.54, 1.807) is 0 Å². The Balaban J connectivity index is 1.21. The van der Waals surface area contributed by atoms with Gasteiger partial charge in [-0.3, -0.25) is 28.0 Å². The van der Waals surface area contributed by atoms with Crippen LogP contribution >= 0.6 is 7.82 Å². The number of fused-ring (bicyclic) bond motifs is 5. The summed E-state index contributed by atoms with van der Waals surface area (Å²) in [7, 11) is -10.1. The maximum absolute atomic E-state index is 15.9. The highest BCUT2D eigenvalue weighted by atomic mass is 32.2. The number of rotatable bonds is 2. The highest BCUT2D eigenvalue weighted by molar-refractivity contribution is 7.84. The summed E-state index contributed by atoms with van der Waals surface area (Å²) in [5, 5.41) is 0. The zero-order valence-electron chi connectivity index (χ0n) is 22.3. The number of phosphoric acid groups is 1. The molecule has 3 aliphatic heterocycles. The first-order chi connectivity index (χ1) is 21.3. The monoisotopic (exact) mass is 677 g/mol. The van der Waals surface area contributed by atoms with Crippen LogP contribution in [-0.2, 0) is 37.6 Å². The molecule has 7 N–H and O–H groups in total.